The van der Waals surface area contributed by atoms with Crippen molar-refractivity contribution < 1.29 is 4.79 Å². The number of amides is 1. The largest absolute Gasteiger partial charge is 0.342 e. The van der Waals surface area contributed by atoms with Gasteiger partial charge in [-0.2, -0.15) is 0 Å². The summed E-state index contributed by atoms with van der Waals surface area (Å²) in [6.07, 6.45) is 11.2. The van der Waals surface area contributed by atoms with Crippen LogP contribution in [0.2, 0.25) is 0 Å². The average molecular weight is 280 g/mol. The summed E-state index contributed by atoms with van der Waals surface area (Å²) < 4.78 is 0. The molecule has 1 aliphatic heterocycles. The van der Waals surface area contributed by atoms with Crippen molar-refractivity contribution in [2.45, 2.75) is 70.8 Å². The number of carbonyl (C=O) groups excluding carboxylic acids is 1. The van der Waals surface area contributed by atoms with E-state index in [4.69, 9.17) is 0 Å². The monoisotopic (exact) mass is 280 g/mol. The van der Waals surface area contributed by atoms with Gasteiger partial charge < -0.3 is 10.2 Å². The summed E-state index contributed by atoms with van der Waals surface area (Å²) in [7, 11) is 2.03. The quantitative estimate of drug-likeness (QED) is 0.839. The van der Waals surface area contributed by atoms with Crippen LogP contribution < -0.4 is 5.32 Å². The maximum Gasteiger partial charge on any atom is 0.225 e. The van der Waals surface area contributed by atoms with Gasteiger partial charge in [0.05, 0.1) is 0 Å². The van der Waals surface area contributed by atoms with Crippen molar-refractivity contribution in [3.05, 3.63) is 0 Å². The molecule has 1 atom stereocenters. The second-order valence-electron chi connectivity index (χ2n) is 6.73. The molecule has 1 saturated carbocycles. The molecule has 1 aliphatic carbocycles. The Hall–Kier alpha value is -0.570. The Labute approximate surface area is 124 Å². The topological polar surface area (TPSA) is 32.3 Å². The number of hydrogen-bond donors (Lipinski definition) is 1. The number of piperidine rings is 1. The second kappa shape index (κ2) is 8.02. The Morgan fingerprint density at radius 3 is 2.35 bits per heavy atom. The second-order valence-corrected chi connectivity index (χ2v) is 6.73. The third-order valence-electron chi connectivity index (χ3n) is 5.40. The van der Waals surface area contributed by atoms with E-state index in [-0.39, 0.29) is 5.92 Å². The molecule has 20 heavy (non-hydrogen) atoms. The molecule has 0 bridgehead atoms. The SMILES string of the molecule is CCC(CC1CCCCC1)C(=O)N1CCC(NC)CC1. The van der Waals surface area contributed by atoms with Gasteiger partial charge in [-0.25, -0.2) is 0 Å². The summed E-state index contributed by atoms with van der Waals surface area (Å²) in [5.74, 6) is 1.53. The fourth-order valence-corrected chi connectivity index (χ4v) is 3.91. The van der Waals surface area contributed by atoms with Crippen LogP contribution in [0.4, 0.5) is 0 Å². The predicted octanol–water partition coefficient (Wildman–Crippen LogP) is 3.19. The molecule has 0 aromatic carbocycles. The molecule has 2 fully saturated rings. The molecule has 1 saturated heterocycles. The Balaban J connectivity index is 1.82. The number of carbonyl (C=O) groups is 1. The highest BCUT2D eigenvalue weighted by Gasteiger charge is 2.29. The van der Waals surface area contributed by atoms with Crippen molar-refractivity contribution in [2.24, 2.45) is 11.8 Å². The molecule has 0 aromatic rings. The molecule has 116 valence electrons. The van der Waals surface area contributed by atoms with Gasteiger partial charge in [0.25, 0.3) is 0 Å². The van der Waals surface area contributed by atoms with E-state index in [9.17, 15) is 4.79 Å². The fraction of sp³-hybridized carbons (Fsp3) is 0.941. The van der Waals surface area contributed by atoms with E-state index in [0.717, 1.165) is 44.7 Å². The lowest BCUT2D eigenvalue weighted by Crippen LogP contribution is -2.46. The highest BCUT2D eigenvalue weighted by molar-refractivity contribution is 5.78. The van der Waals surface area contributed by atoms with Crippen LogP contribution in [0, 0.1) is 11.8 Å². The van der Waals surface area contributed by atoms with Crippen molar-refractivity contribution >= 4 is 5.91 Å². The zero-order chi connectivity index (χ0) is 14.4. The van der Waals surface area contributed by atoms with Crippen molar-refractivity contribution in [3.8, 4) is 0 Å². The Bertz CT molecular complexity index is 291. The molecule has 1 amide bonds. The summed E-state index contributed by atoms with van der Waals surface area (Å²) in [6.45, 7) is 4.09. The van der Waals surface area contributed by atoms with Gasteiger partial charge in [-0.15, -0.1) is 0 Å². The van der Waals surface area contributed by atoms with Crippen LogP contribution in [0.15, 0.2) is 0 Å². The van der Waals surface area contributed by atoms with Crippen LogP contribution in [0.1, 0.15) is 64.7 Å². The van der Waals surface area contributed by atoms with E-state index in [1.54, 1.807) is 0 Å². The predicted molar refractivity (Wildman–Crippen MR) is 83.6 cm³/mol. The first-order valence-electron chi connectivity index (χ1n) is 8.70. The molecule has 1 N–H and O–H groups in total. The van der Waals surface area contributed by atoms with E-state index in [2.05, 4.69) is 17.1 Å². The minimum absolute atomic E-state index is 0.282. The number of nitrogens with one attached hydrogen (secondary N) is 1. The van der Waals surface area contributed by atoms with E-state index < -0.39 is 0 Å². The molecular weight excluding hydrogens is 248 g/mol. The molecule has 0 spiro atoms. The van der Waals surface area contributed by atoms with Crippen LogP contribution in [0.3, 0.4) is 0 Å². The molecular formula is C17H32N2O. The highest BCUT2D eigenvalue weighted by Crippen LogP contribution is 2.31. The Morgan fingerprint density at radius 1 is 1.15 bits per heavy atom. The van der Waals surface area contributed by atoms with Crippen LogP contribution in [-0.4, -0.2) is 37.0 Å². The van der Waals surface area contributed by atoms with Crippen molar-refractivity contribution in [3.63, 3.8) is 0 Å². The summed E-state index contributed by atoms with van der Waals surface area (Å²) in [5, 5.41) is 3.33. The minimum atomic E-state index is 0.282. The molecule has 1 heterocycles. The lowest BCUT2D eigenvalue weighted by atomic mass is 9.81. The van der Waals surface area contributed by atoms with E-state index in [1.165, 1.54) is 32.1 Å². The van der Waals surface area contributed by atoms with Crippen molar-refractivity contribution in [1.29, 1.82) is 0 Å². The summed E-state index contributed by atoms with van der Waals surface area (Å²) >= 11 is 0. The first-order valence-corrected chi connectivity index (χ1v) is 8.70. The van der Waals surface area contributed by atoms with E-state index in [0.29, 0.717) is 11.9 Å². The third-order valence-corrected chi connectivity index (χ3v) is 5.40. The normalized spacial score (nSPS) is 23.8. The van der Waals surface area contributed by atoms with Crippen molar-refractivity contribution in [2.75, 3.05) is 20.1 Å². The zero-order valence-electron chi connectivity index (χ0n) is 13.4. The van der Waals surface area contributed by atoms with Crippen LogP contribution in [-0.2, 0) is 4.79 Å². The minimum Gasteiger partial charge on any atom is -0.342 e. The third kappa shape index (κ3) is 4.21. The molecule has 0 radical (unpaired) electrons. The van der Waals surface area contributed by atoms with E-state index >= 15 is 0 Å². The van der Waals surface area contributed by atoms with E-state index in [1.807, 2.05) is 7.05 Å². The highest BCUT2D eigenvalue weighted by atomic mass is 16.2. The molecule has 1 unspecified atom stereocenters. The zero-order valence-corrected chi connectivity index (χ0v) is 13.4. The van der Waals surface area contributed by atoms with Crippen LogP contribution in [0.25, 0.3) is 0 Å². The van der Waals surface area contributed by atoms with Crippen LogP contribution >= 0.6 is 0 Å². The first-order chi connectivity index (χ1) is 9.74. The van der Waals surface area contributed by atoms with Gasteiger partial charge in [0, 0.05) is 25.0 Å². The number of rotatable bonds is 5. The maximum absolute atomic E-state index is 12.7. The van der Waals surface area contributed by atoms with Gasteiger partial charge >= 0.3 is 0 Å². The summed E-state index contributed by atoms with van der Waals surface area (Å²) in [5.41, 5.74) is 0. The lowest BCUT2D eigenvalue weighted by molar-refractivity contribution is -0.137. The fourth-order valence-electron chi connectivity index (χ4n) is 3.91. The van der Waals surface area contributed by atoms with Crippen LogP contribution in [0.5, 0.6) is 0 Å². The summed E-state index contributed by atoms with van der Waals surface area (Å²) in [4.78, 5) is 14.8. The number of nitrogens with zero attached hydrogens (tertiary/aromatic N) is 1. The molecule has 0 aromatic heterocycles. The lowest BCUT2D eigenvalue weighted by Gasteiger charge is -2.35. The molecule has 3 nitrogen and oxygen atoms in total. The molecule has 2 aliphatic rings. The van der Waals surface area contributed by atoms with Gasteiger partial charge in [0.2, 0.25) is 5.91 Å². The molecule has 2 rings (SSSR count). The average Bonchev–Trinajstić information content (AvgIpc) is 2.53. The van der Waals surface area contributed by atoms with Gasteiger partial charge in [-0.3, -0.25) is 4.79 Å². The summed E-state index contributed by atoms with van der Waals surface area (Å²) in [6, 6.07) is 0.609. The number of likely N-dealkylation sites (tertiary alicyclic amines) is 1. The Morgan fingerprint density at radius 2 is 1.80 bits per heavy atom. The van der Waals surface area contributed by atoms with Crippen molar-refractivity contribution in [1.82, 2.24) is 10.2 Å². The number of hydrogen-bond acceptors (Lipinski definition) is 2. The van der Waals surface area contributed by atoms with Gasteiger partial charge in [-0.05, 0) is 38.6 Å². The molecule has 3 heteroatoms. The van der Waals surface area contributed by atoms with Gasteiger partial charge in [0.1, 0.15) is 0 Å². The maximum atomic E-state index is 12.7. The van der Waals surface area contributed by atoms with Gasteiger partial charge in [-0.1, -0.05) is 39.0 Å². The Kier molecular flexibility index (Phi) is 6.34. The first kappa shape index (κ1) is 15.8. The smallest absolute Gasteiger partial charge is 0.225 e. The van der Waals surface area contributed by atoms with Gasteiger partial charge in [0.15, 0.2) is 0 Å². The standard InChI is InChI=1S/C17H32N2O/c1-3-15(13-14-7-5-4-6-8-14)17(20)19-11-9-16(18-2)10-12-19/h14-16,18H,3-13H2,1-2H3.